The Labute approximate surface area is 77.0 Å². The molecule has 0 aliphatic carbocycles. The summed E-state index contributed by atoms with van der Waals surface area (Å²) in [7, 11) is 0. The van der Waals surface area contributed by atoms with Crippen LogP contribution >= 0.6 is 0 Å². The first-order chi connectivity index (χ1) is 5.89. The average molecular weight is 182 g/mol. The van der Waals surface area contributed by atoms with Crippen LogP contribution in [0.5, 0.6) is 0 Å². The summed E-state index contributed by atoms with van der Waals surface area (Å²) in [6.45, 7) is 6.11. The van der Waals surface area contributed by atoms with Gasteiger partial charge < -0.3 is 10.1 Å². The maximum absolute atomic E-state index is 10.4. The first-order valence-electron chi connectivity index (χ1n) is 4.16. The minimum Gasteiger partial charge on any atom is -0.481 e. The van der Waals surface area contributed by atoms with Crippen molar-refractivity contribution in [1.82, 2.24) is 9.97 Å². The van der Waals surface area contributed by atoms with Gasteiger partial charge in [-0.1, -0.05) is 20.8 Å². The zero-order chi connectivity index (χ0) is 10.1. The van der Waals surface area contributed by atoms with Crippen molar-refractivity contribution in [3.63, 3.8) is 0 Å². The molecule has 4 nitrogen and oxygen atoms in total. The van der Waals surface area contributed by atoms with Gasteiger partial charge in [-0.05, 0) is 0 Å². The van der Waals surface area contributed by atoms with Gasteiger partial charge in [0.2, 0.25) is 0 Å². The van der Waals surface area contributed by atoms with Crippen LogP contribution in [-0.4, -0.2) is 21.0 Å². The van der Waals surface area contributed by atoms with Crippen LogP contribution < -0.4 is 0 Å². The summed E-state index contributed by atoms with van der Waals surface area (Å²) in [4.78, 5) is 17.4. The number of nitrogens with zero attached hydrogens (tertiary/aromatic N) is 1. The van der Waals surface area contributed by atoms with Gasteiger partial charge in [-0.3, -0.25) is 4.79 Å². The van der Waals surface area contributed by atoms with Crippen LogP contribution in [0.4, 0.5) is 0 Å². The van der Waals surface area contributed by atoms with E-state index in [2.05, 4.69) is 9.97 Å². The molecule has 1 aromatic rings. The van der Waals surface area contributed by atoms with E-state index < -0.39 is 5.97 Å². The van der Waals surface area contributed by atoms with Crippen molar-refractivity contribution < 1.29 is 9.90 Å². The first-order valence-corrected chi connectivity index (χ1v) is 4.16. The molecule has 0 spiro atoms. The Bertz CT molecular complexity index is 310. The van der Waals surface area contributed by atoms with Crippen molar-refractivity contribution in [3.05, 3.63) is 17.7 Å². The van der Waals surface area contributed by atoms with E-state index >= 15 is 0 Å². The van der Waals surface area contributed by atoms with Crippen LogP contribution in [0.25, 0.3) is 0 Å². The molecule has 0 radical (unpaired) electrons. The van der Waals surface area contributed by atoms with E-state index in [0.29, 0.717) is 5.82 Å². The minimum atomic E-state index is -0.866. The highest BCUT2D eigenvalue weighted by Gasteiger charge is 2.17. The van der Waals surface area contributed by atoms with E-state index in [4.69, 9.17) is 5.11 Å². The molecule has 0 aliphatic heterocycles. The lowest BCUT2D eigenvalue weighted by molar-refractivity contribution is -0.136. The number of H-pyrrole nitrogens is 1. The Kier molecular flexibility index (Phi) is 2.40. The van der Waals surface area contributed by atoms with Gasteiger partial charge in [-0.2, -0.15) is 0 Å². The van der Waals surface area contributed by atoms with Gasteiger partial charge in [0.1, 0.15) is 12.2 Å². The molecule has 1 aromatic heterocycles. The molecule has 0 unspecified atom stereocenters. The molecule has 1 rings (SSSR count). The maximum atomic E-state index is 10.4. The number of carboxylic acid groups (broad SMARTS) is 1. The summed E-state index contributed by atoms with van der Waals surface area (Å²) in [6, 6.07) is 0. The van der Waals surface area contributed by atoms with Crippen molar-refractivity contribution in [2.75, 3.05) is 0 Å². The molecule has 0 aromatic carbocycles. The summed E-state index contributed by atoms with van der Waals surface area (Å²) in [5.41, 5.74) is 0.858. The number of nitrogens with one attached hydrogen (secondary N) is 1. The quantitative estimate of drug-likeness (QED) is 0.725. The second kappa shape index (κ2) is 3.20. The SMILES string of the molecule is CC(C)(C)c1c[nH]c(CC(=O)O)n1. The third-order valence-corrected chi connectivity index (χ3v) is 1.72. The van der Waals surface area contributed by atoms with Crippen molar-refractivity contribution in [2.24, 2.45) is 0 Å². The Morgan fingerprint density at radius 3 is 2.62 bits per heavy atom. The van der Waals surface area contributed by atoms with Crippen molar-refractivity contribution in [2.45, 2.75) is 32.6 Å². The van der Waals surface area contributed by atoms with Gasteiger partial charge >= 0.3 is 5.97 Å². The van der Waals surface area contributed by atoms with Crippen LogP contribution in [-0.2, 0) is 16.6 Å². The summed E-state index contributed by atoms with van der Waals surface area (Å²) < 4.78 is 0. The molecule has 0 saturated carbocycles. The molecular weight excluding hydrogens is 168 g/mol. The molecule has 13 heavy (non-hydrogen) atoms. The maximum Gasteiger partial charge on any atom is 0.311 e. The van der Waals surface area contributed by atoms with E-state index in [1.165, 1.54) is 0 Å². The van der Waals surface area contributed by atoms with Crippen LogP contribution in [0.2, 0.25) is 0 Å². The van der Waals surface area contributed by atoms with Crippen LogP contribution in [0.3, 0.4) is 0 Å². The normalized spacial score (nSPS) is 11.6. The lowest BCUT2D eigenvalue weighted by Crippen LogP contribution is -2.12. The highest BCUT2D eigenvalue weighted by atomic mass is 16.4. The molecular formula is C9H14N2O2. The highest BCUT2D eigenvalue weighted by Crippen LogP contribution is 2.19. The Morgan fingerprint density at radius 1 is 1.62 bits per heavy atom. The summed E-state index contributed by atoms with van der Waals surface area (Å²) in [5.74, 6) is -0.354. The number of aliphatic carboxylic acids is 1. The number of hydrogen-bond donors (Lipinski definition) is 2. The van der Waals surface area contributed by atoms with E-state index in [0.717, 1.165) is 5.69 Å². The lowest BCUT2D eigenvalue weighted by Gasteiger charge is -2.13. The minimum absolute atomic E-state index is 0.0345. The topological polar surface area (TPSA) is 66.0 Å². The molecule has 1 heterocycles. The van der Waals surface area contributed by atoms with E-state index in [1.54, 1.807) is 6.20 Å². The molecule has 4 heteroatoms. The predicted molar refractivity (Wildman–Crippen MR) is 48.6 cm³/mol. The number of carboxylic acids is 1. The van der Waals surface area contributed by atoms with E-state index in [1.807, 2.05) is 20.8 Å². The van der Waals surface area contributed by atoms with Gasteiger partial charge in [0, 0.05) is 11.6 Å². The fourth-order valence-electron chi connectivity index (χ4n) is 0.980. The van der Waals surface area contributed by atoms with Crippen molar-refractivity contribution in [3.8, 4) is 0 Å². The van der Waals surface area contributed by atoms with Gasteiger partial charge in [0.05, 0.1) is 5.69 Å². The number of carbonyl (C=O) groups is 1. The fraction of sp³-hybridized carbons (Fsp3) is 0.556. The van der Waals surface area contributed by atoms with Crippen LogP contribution in [0.15, 0.2) is 6.20 Å². The van der Waals surface area contributed by atoms with Crippen LogP contribution in [0, 0.1) is 0 Å². The third-order valence-electron chi connectivity index (χ3n) is 1.72. The summed E-state index contributed by atoms with van der Waals surface area (Å²) in [6.07, 6.45) is 1.72. The molecule has 0 bridgehead atoms. The van der Waals surface area contributed by atoms with E-state index in [9.17, 15) is 4.79 Å². The summed E-state index contributed by atoms with van der Waals surface area (Å²) in [5, 5.41) is 8.52. The number of rotatable bonds is 2. The Hall–Kier alpha value is -1.32. The Balaban J connectivity index is 2.81. The number of aromatic nitrogens is 2. The second-order valence-corrected chi connectivity index (χ2v) is 4.05. The number of hydrogen-bond acceptors (Lipinski definition) is 2. The van der Waals surface area contributed by atoms with Crippen molar-refractivity contribution in [1.29, 1.82) is 0 Å². The third kappa shape index (κ3) is 2.57. The second-order valence-electron chi connectivity index (χ2n) is 4.05. The predicted octanol–water partition coefficient (Wildman–Crippen LogP) is 1.33. The van der Waals surface area contributed by atoms with Gasteiger partial charge in [0.25, 0.3) is 0 Å². The largest absolute Gasteiger partial charge is 0.481 e. The summed E-state index contributed by atoms with van der Waals surface area (Å²) >= 11 is 0. The molecule has 2 N–H and O–H groups in total. The molecule has 0 amide bonds. The zero-order valence-electron chi connectivity index (χ0n) is 8.09. The molecule has 0 aliphatic rings. The number of aromatic amines is 1. The van der Waals surface area contributed by atoms with Gasteiger partial charge in [-0.15, -0.1) is 0 Å². The molecule has 0 saturated heterocycles. The Morgan fingerprint density at radius 2 is 2.23 bits per heavy atom. The molecule has 72 valence electrons. The first kappa shape index (κ1) is 9.77. The molecule has 0 atom stereocenters. The fourth-order valence-corrected chi connectivity index (χ4v) is 0.980. The lowest BCUT2D eigenvalue weighted by atomic mass is 9.93. The smallest absolute Gasteiger partial charge is 0.311 e. The van der Waals surface area contributed by atoms with E-state index in [-0.39, 0.29) is 11.8 Å². The standard InChI is InChI=1S/C9H14N2O2/c1-9(2,3)6-5-10-7(11-6)4-8(12)13/h5H,4H2,1-3H3,(H,10,11)(H,12,13). The average Bonchev–Trinajstić information content (AvgIpc) is 2.32. The van der Waals surface area contributed by atoms with Crippen LogP contribution in [0.1, 0.15) is 32.3 Å². The van der Waals surface area contributed by atoms with Crippen molar-refractivity contribution >= 4 is 5.97 Å². The number of imidazole rings is 1. The highest BCUT2D eigenvalue weighted by molar-refractivity contribution is 5.68. The van der Waals surface area contributed by atoms with Gasteiger partial charge in [-0.25, -0.2) is 4.98 Å². The molecule has 0 fully saturated rings. The van der Waals surface area contributed by atoms with Gasteiger partial charge in [0.15, 0.2) is 0 Å². The zero-order valence-corrected chi connectivity index (χ0v) is 8.09. The monoisotopic (exact) mass is 182 g/mol.